The first-order chi connectivity index (χ1) is 23.8. The van der Waals surface area contributed by atoms with Gasteiger partial charge in [0, 0.05) is 49.9 Å². The molecule has 0 radical (unpaired) electrons. The number of benzene rings is 2. The van der Waals surface area contributed by atoms with Crippen LogP contribution in [0.15, 0.2) is 36.7 Å². The average molecular weight is 692 g/mol. The van der Waals surface area contributed by atoms with E-state index in [1.165, 1.54) is 19.5 Å². The third kappa shape index (κ3) is 8.07. The number of methoxy groups -OCH3 is 1. The molecule has 0 saturated carbocycles. The Hall–Kier alpha value is -4.56. The summed E-state index contributed by atoms with van der Waals surface area (Å²) < 4.78 is 21.0. The van der Waals surface area contributed by atoms with Gasteiger partial charge in [0.1, 0.15) is 35.8 Å². The fraction of sp³-hybridized carbons (Fsp3) is 0.528. The van der Waals surface area contributed by atoms with Crippen molar-refractivity contribution in [2.24, 2.45) is 5.41 Å². The van der Waals surface area contributed by atoms with Gasteiger partial charge in [0.05, 0.1) is 30.0 Å². The lowest BCUT2D eigenvalue weighted by Gasteiger charge is -2.36. The summed E-state index contributed by atoms with van der Waals surface area (Å²) in [5, 5.41) is 12.6. The molecule has 50 heavy (non-hydrogen) atoms. The molecule has 0 spiro atoms. The molecular formula is C36H50FN9O4. The number of carbonyl (C=O) groups excluding carboxylic acids is 3. The van der Waals surface area contributed by atoms with E-state index < -0.39 is 23.5 Å². The number of rotatable bonds is 11. The zero-order chi connectivity index (χ0) is 36.2. The Labute approximate surface area is 293 Å². The molecule has 0 bridgehead atoms. The van der Waals surface area contributed by atoms with E-state index >= 15 is 4.39 Å². The Kier molecular flexibility index (Phi) is 11.4. The first kappa shape index (κ1) is 36.7. The third-order valence-corrected chi connectivity index (χ3v) is 9.65. The molecule has 270 valence electrons. The highest BCUT2D eigenvalue weighted by Gasteiger charge is 2.42. The Morgan fingerprint density at radius 2 is 1.80 bits per heavy atom. The van der Waals surface area contributed by atoms with Crippen molar-refractivity contribution in [3.8, 4) is 5.75 Å². The van der Waals surface area contributed by atoms with Gasteiger partial charge in [0.15, 0.2) is 0 Å². The number of carbonyl (C=O) groups is 3. The van der Waals surface area contributed by atoms with Gasteiger partial charge in [-0.2, -0.15) is 0 Å². The van der Waals surface area contributed by atoms with E-state index in [-0.39, 0.29) is 23.5 Å². The van der Waals surface area contributed by atoms with Crippen LogP contribution in [-0.2, 0) is 14.4 Å². The Bertz CT molecular complexity index is 1710. The van der Waals surface area contributed by atoms with Crippen LogP contribution in [0.3, 0.4) is 0 Å². The average Bonchev–Trinajstić information content (AvgIpc) is 3.60. The van der Waals surface area contributed by atoms with Crippen molar-refractivity contribution in [3.05, 3.63) is 42.5 Å². The van der Waals surface area contributed by atoms with Gasteiger partial charge < -0.3 is 40.7 Å². The van der Waals surface area contributed by atoms with Crippen LogP contribution in [0.4, 0.5) is 27.3 Å². The van der Waals surface area contributed by atoms with Crippen LogP contribution >= 0.6 is 0 Å². The summed E-state index contributed by atoms with van der Waals surface area (Å²) in [6.07, 6.45) is 2.52. The van der Waals surface area contributed by atoms with Crippen LogP contribution < -0.4 is 30.9 Å². The van der Waals surface area contributed by atoms with Crippen LogP contribution in [0.25, 0.3) is 10.9 Å². The number of aromatic nitrogens is 2. The normalized spacial score (nSPS) is 18.1. The van der Waals surface area contributed by atoms with Gasteiger partial charge in [-0.3, -0.25) is 14.4 Å². The molecule has 2 aromatic carbocycles. The number of amides is 3. The summed E-state index contributed by atoms with van der Waals surface area (Å²) in [5.41, 5.74) is 1.42. The number of likely N-dealkylation sites (tertiary alicyclic amines) is 1. The molecule has 3 aromatic rings. The SMILES string of the molecule is CCN1CCN(c2ccc(Nc3ncnc4cc(OC)c(NC(=O)[C@@H]5CCCN5C(=O)[C@@H](NC(=O)[C@H](C)NC)C(C)(C)C)cc34)cc2F)CC1. The topological polar surface area (TPSA) is 144 Å². The minimum absolute atomic E-state index is 0.294. The predicted molar refractivity (Wildman–Crippen MR) is 193 cm³/mol. The van der Waals surface area contributed by atoms with E-state index in [2.05, 4.69) is 48.0 Å². The van der Waals surface area contributed by atoms with E-state index in [0.29, 0.717) is 58.9 Å². The van der Waals surface area contributed by atoms with Gasteiger partial charge in [-0.25, -0.2) is 14.4 Å². The van der Waals surface area contributed by atoms with Gasteiger partial charge in [-0.05, 0) is 63.0 Å². The number of nitrogens with one attached hydrogen (secondary N) is 4. The molecule has 3 heterocycles. The van der Waals surface area contributed by atoms with Crippen LogP contribution in [-0.4, -0.2) is 109 Å². The number of ether oxygens (including phenoxy) is 1. The fourth-order valence-electron chi connectivity index (χ4n) is 6.46. The number of piperazine rings is 1. The Morgan fingerprint density at radius 3 is 2.44 bits per heavy atom. The molecule has 5 rings (SSSR count). The van der Waals surface area contributed by atoms with E-state index in [9.17, 15) is 14.4 Å². The Morgan fingerprint density at radius 1 is 1.06 bits per heavy atom. The summed E-state index contributed by atoms with van der Waals surface area (Å²) in [6, 6.07) is 6.41. The highest BCUT2D eigenvalue weighted by molar-refractivity contribution is 6.03. The molecule has 3 amide bonds. The third-order valence-electron chi connectivity index (χ3n) is 9.65. The van der Waals surface area contributed by atoms with Crippen molar-refractivity contribution in [1.82, 2.24) is 30.4 Å². The summed E-state index contributed by atoms with van der Waals surface area (Å²) >= 11 is 0. The molecule has 2 aliphatic heterocycles. The standard InChI is InChI=1S/C36H50FN9O4/c1-8-44-14-16-45(17-15-44)28-12-11-23(18-25(28)37)41-32-24-19-27(30(50-7)20-26(24)39-21-40-32)42-34(48)29-10-9-13-46(29)35(49)31(36(3,4)5)43-33(47)22(2)38-6/h11-12,18-22,29,31,38H,8-10,13-17H2,1-7H3,(H,42,48)(H,43,47)(H,39,40,41)/t22-,29-,31+/m0/s1. The fourth-order valence-corrected chi connectivity index (χ4v) is 6.46. The van der Waals surface area contributed by atoms with E-state index in [1.54, 1.807) is 37.1 Å². The zero-order valence-corrected chi connectivity index (χ0v) is 30.1. The van der Waals surface area contributed by atoms with E-state index in [1.807, 2.05) is 26.8 Å². The lowest BCUT2D eigenvalue weighted by molar-refractivity contribution is -0.143. The van der Waals surface area contributed by atoms with Crippen molar-refractivity contribution in [1.29, 1.82) is 0 Å². The lowest BCUT2D eigenvalue weighted by atomic mass is 9.85. The molecule has 3 atom stereocenters. The van der Waals surface area contributed by atoms with E-state index in [0.717, 1.165) is 32.7 Å². The smallest absolute Gasteiger partial charge is 0.247 e. The summed E-state index contributed by atoms with van der Waals surface area (Å²) in [4.78, 5) is 55.3. The minimum atomic E-state index is -0.828. The van der Waals surface area contributed by atoms with Crippen molar-refractivity contribution in [2.45, 2.75) is 65.6 Å². The minimum Gasteiger partial charge on any atom is -0.494 e. The van der Waals surface area contributed by atoms with Crippen LogP contribution in [0, 0.1) is 11.2 Å². The molecular weight excluding hydrogens is 641 g/mol. The quantitative estimate of drug-likeness (QED) is 0.235. The first-order valence-electron chi connectivity index (χ1n) is 17.3. The van der Waals surface area contributed by atoms with Crippen LogP contribution in [0.5, 0.6) is 5.75 Å². The van der Waals surface area contributed by atoms with E-state index in [4.69, 9.17) is 4.74 Å². The van der Waals surface area contributed by atoms with Gasteiger partial charge >= 0.3 is 0 Å². The number of anilines is 4. The predicted octanol–water partition coefficient (Wildman–Crippen LogP) is 3.73. The molecule has 0 aliphatic carbocycles. The van der Waals surface area contributed by atoms with Crippen molar-refractivity contribution in [2.75, 3.05) is 69.0 Å². The number of likely N-dealkylation sites (N-methyl/N-ethyl adjacent to an activating group) is 2. The molecule has 14 heteroatoms. The van der Waals surface area contributed by atoms with Crippen LogP contribution in [0.1, 0.15) is 47.5 Å². The zero-order valence-electron chi connectivity index (χ0n) is 30.1. The van der Waals surface area contributed by atoms with Crippen molar-refractivity contribution in [3.63, 3.8) is 0 Å². The largest absolute Gasteiger partial charge is 0.494 e. The second kappa shape index (κ2) is 15.5. The second-order valence-electron chi connectivity index (χ2n) is 14.0. The second-order valence-corrected chi connectivity index (χ2v) is 14.0. The van der Waals surface area contributed by atoms with Gasteiger partial charge in [-0.15, -0.1) is 0 Å². The van der Waals surface area contributed by atoms with Crippen molar-refractivity contribution >= 4 is 51.5 Å². The Balaban J connectivity index is 1.36. The molecule has 0 unspecified atom stereocenters. The van der Waals surface area contributed by atoms with Gasteiger partial charge in [0.25, 0.3) is 0 Å². The molecule has 2 aliphatic rings. The number of nitrogens with zero attached hydrogens (tertiary/aromatic N) is 5. The number of hydrogen-bond acceptors (Lipinski definition) is 10. The molecule has 2 saturated heterocycles. The first-order valence-corrected chi connectivity index (χ1v) is 17.3. The number of halogens is 1. The molecule has 4 N–H and O–H groups in total. The highest BCUT2D eigenvalue weighted by atomic mass is 19.1. The summed E-state index contributed by atoms with van der Waals surface area (Å²) in [7, 11) is 3.18. The summed E-state index contributed by atoms with van der Waals surface area (Å²) in [5.74, 6) is -0.496. The molecule has 1 aromatic heterocycles. The lowest BCUT2D eigenvalue weighted by Crippen LogP contribution is -2.59. The maximum absolute atomic E-state index is 15.4. The highest BCUT2D eigenvalue weighted by Crippen LogP contribution is 2.35. The maximum atomic E-state index is 15.4. The summed E-state index contributed by atoms with van der Waals surface area (Å²) in [6.45, 7) is 14.2. The maximum Gasteiger partial charge on any atom is 0.247 e. The van der Waals surface area contributed by atoms with Gasteiger partial charge in [-0.1, -0.05) is 27.7 Å². The van der Waals surface area contributed by atoms with Crippen LogP contribution in [0.2, 0.25) is 0 Å². The molecule has 13 nitrogen and oxygen atoms in total. The van der Waals surface area contributed by atoms with Gasteiger partial charge in [0.2, 0.25) is 17.7 Å². The monoisotopic (exact) mass is 691 g/mol. The number of fused-ring (bicyclic) bond motifs is 1. The molecule has 2 fully saturated rings. The number of hydrogen-bond donors (Lipinski definition) is 4. The van der Waals surface area contributed by atoms with Crippen molar-refractivity contribution < 1.29 is 23.5 Å².